The number of hydrogen-bond acceptors (Lipinski definition) is 5. The summed E-state index contributed by atoms with van der Waals surface area (Å²) in [6.07, 6.45) is 2.70. The van der Waals surface area contributed by atoms with Gasteiger partial charge in [0, 0.05) is 37.8 Å². The molecule has 0 aromatic heterocycles. The van der Waals surface area contributed by atoms with E-state index in [2.05, 4.69) is 10.2 Å². The average Bonchev–Trinajstić information content (AvgIpc) is 2.71. The highest BCUT2D eigenvalue weighted by atomic mass is 32.2. The second kappa shape index (κ2) is 10.5. The van der Waals surface area contributed by atoms with Crippen molar-refractivity contribution < 1.29 is 13.2 Å². The molecule has 0 spiro atoms. The second-order valence-electron chi connectivity index (χ2n) is 6.40. The number of nitrogens with zero attached hydrogens (tertiary/aromatic N) is 2. The molecule has 0 saturated heterocycles. The van der Waals surface area contributed by atoms with Crippen LogP contribution in [-0.4, -0.2) is 58.6 Å². The van der Waals surface area contributed by atoms with Gasteiger partial charge < -0.3 is 10.2 Å². The van der Waals surface area contributed by atoms with Gasteiger partial charge >= 0.3 is 0 Å². The van der Waals surface area contributed by atoms with Gasteiger partial charge in [0.25, 0.3) is 0 Å². The first kappa shape index (κ1) is 22.3. The number of carbonyl (C=O) groups excluding carboxylic acids is 1. The molecular formula is C20H27N3O3S2. The quantitative estimate of drug-likeness (QED) is 0.472. The first-order valence-electron chi connectivity index (χ1n) is 8.98. The first-order chi connectivity index (χ1) is 13.3. The van der Waals surface area contributed by atoms with Crippen molar-refractivity contribution >= 4 is 33.4 Å². The third kappa shape index (κ3) is 6.25. The minimum atomic E-state index is -3.68. The van der Waals surface area contributed by atoms with E-state index in [1.807, 2.05) is 43.6 Å². The molecule has 0 aliphatic rings. The zero-order valence-electron chi connectivity index (χ0n) is 16.5. The van der Waals surface area contributed by atoms with Crippen LogP contribution >= 0.6 is 11.8 Å². The van der Waals surface area contributed by atoms with Crippen molar-refractivity contribution in [1.29, 1.82) is 0 Å². The van der Waals surface area contributed by atoms with E-state index >= 15 is 0 Å². The molecule has 8 heteroatoms. The van der Waals surface area contributed by atoms with Gasteiger partial charge in [-0.2, -0.15) is 4.31 Å². The predicted octanol–water partition coefficient (Wildman–Crippen LogP) is 2.67. The molecule has 0 heterocycles. The maximum atomic E-state index is 12.6. The van der Waals surface area contributed by atoms with Crippen LogP contribution in [0.3, 0.4) is 0 Å². The van der Waals surface area contributed by atoms with Gasteiger partial charge in [-0.25, -0.2) is 8.42 Å². The van der Waals surface area contributed by atoms with Gasteiger partial charge in [-0.15, -0.1) is 11.8 Å². The number of benzene rings is 2. The summed E-state index contributed by atoms with van der Waals surface area (Å²) >= 11 is 1.54. The monoisotopic (exact) mass is 421 g/mol. The van der Waals surface area contributed by atoms with Gasteiger partial charge in [-0.05, 0) is 49.1 Å². The summed E-state index contributed by atoms with van der Waals surface area (Å²) in [6.45, 7) is 1.08. The van der Waals surface area contributed by atoms with Gasteiger partial charge in [-0.3, -0.25) is 4.79 Å². The van der Waals surface area contributed by atoms with Crippen LogP contribution in [0.25, 0.3) is 0 Å². The molecule has 2 aromatic rings. The standard InChI is InChI=1S/C20H27N3O3S2/c1-22(17-8-5-4-6-9-17)15-7-14-21-20(24)16-23(2)28(25,26)19-12-10-18(27-3)11-13-19/h4-6,8-13H,7,14-16H2,1-3H3,(H,21,24). The van der Waals surface area contributed by atoms with Crippen LogP contribution in [0, 0.1) is 0 Å². The summed E-state index contributed by atoms with van der Waals surface area (Å²) in [5.41, 5.74) is 1.12. The molecule has 0 unspecified atom stereocenters. The second-order valence-corrected chi connectivity index (χ2v) is 9.32. The van der Waals surface area contributed by atoms with E-state index in [9.17, 15) is 13.2 Å². The fourth-order valence-electron chi connectivity index (χ4n) is 2.63. The maximum Gasteiger partial charge on any atom is 0.243 e. The summed E-state index contributed by atoms with van der Waals surface area (Å²) in [6, 6.07) is 16.7. The van der Waals surface area contributed by atoms with Crippen LogP contribution in [0.4, 0.5) is 5.69 Å². The number of carbonyl (C=O) groups is 1. The molecule has 1 N–H and O–H groups in total. The minimum Gasteiger partial charge on any atom is -0.375 e. The van der Waals surface area contributed by atoms with Crippen molar-refractivity contribution in [1.82, 2.24) is 9.62 Å². The van der Waals surface area contributed by atoms with Gasteiger partial charge in [-0.1, -0.05) is 18.2 Å². The van der Waals surface area contributed by atoms with E-state index in [0.29, 0.717) is 6.54 Å². The first-order valence-corrected chi connectivity index (χ1v) is 11.6. The molecule has 152 valence electrons. The lowest BCUT2D eigenvalue weighted by Crippen LogP contribution is -2.39. The molecule has 0 saturated carbocycles. The molecule has 6 nitrogen and oxygen atoms in total. The molecular weight excluding hydrogens is 394 g/mol. The Morgan fingerprint density at radius 2 is 1.68 bits per heavy atom. The summed E-state index contributed by atoms with van der Waals surface area (Å²) in [5, 5.41) is 2.79. The lowest BCUT2D eigenvalue weighted by atomic mass is 10.3. The molecule has 2 aromatic carbocycles. The highest BCUT2D eigenvalue weighted by Gasteiger charge is 2.22. The third-order valence-electron chi connectivity index (χ3n) is 4.32. The van der Waals surface area contributed by atoms with E-state index in [-0.39, 0.29) is 17.3 Å². The summed E-state index contributed by atoms with van der Waals surface area (Å²) < 4.78 is 26.2. The van der Waals surface area contributed by atoms with Crippen molar-refractivity contribution in [3.05, 3.63) is 54.6 Å². The number of rotatable bonds is 10. The predicted molar refractivity (Wildman–Crippen MR) is 115 cm³/mol. The number of nitrogens with one attached hydrogen (secondary N) is 1. The Balaban J connectivity index is 1.78. The van der Waals surface area contributed by atoms with Crippen LogP contribution in [0.5, 0.6) is 0 Å². The highest BCUT2D eigenvalue weighted by Crippen LogP contribution is 2.19. The topological polar surface area (TPSA) is 69.7 Å². The Labute approximate surface area is 172 Å². The Hall–Kier alpha value is -2.03. The number of amides is 1. The van der Waals surface area contributed by atoms with Crippen molar-refractivity contribution in [3.63, 3.8) is 0 Å². The van der Waals surface area contributed by atoms with E-state index in [1.165, 1.54) is 7.05 Å². The summed E-state index contributed by atoms with van der Waals surface area (Å²) in [5.74, 6) is -0.311. The van der Waals surface area contributed by atoms with Crippen LogP contribution in [0.15, 0.2) is 64.4 Å². The van der Waals surface area contributed by atoms with Crippen LogP contribution in [0.1, 0.15) is 6.42 Å². The molecule has 0 radical (unpaired) electrons. The fraction of sp³-hybridized carbons (Fsp3) is 0.350. The van der Waals surface area contributed by atoms with Crippen LogP contribution in [-0.2, 0) is 14.8 Å². The molecule has 0 bridgehead atoms. The molecule has 28 heavy (non-hydrogen) atoms. The maximum absolute atomic E-state index is 12.6. The van der Waals surface area contributed by atoms with Crippen LogP contribution in [0.2, 0.25) is 0 Å². The van der Waals surface area contributed by atoms with Crippen molar-refractivity contribution in [3.8, 4) is 0 Å². The SMILES string of the molecule is CSc1ccc(S(=O)(=O)N(C)CC(=O)NCCCN(C)c2ccccc2)cc1. The zero-order chi connectivity index (χ0) is 20.6. The van der Waals surface area contributed by atoms with E-state index in [1.54, 1.807) is 36.0 Å². The van der Waals surface area contributed by atoms with E-state index in [0.717, 1.165) is 27.9 Å². The molecule has 0 fully saturated rings. The smallest absolute Gasteiger partial charge is 0.243 e. The van der Waals surface area contributed by atoms with E-state index < -0.39 is 10.0 Å². The van der Waals surface area contributed by atoms with Gasteiger partial charge in [0.2, 0.25) is 15.9 Å². The normalized spacial score (nSPS) is 11.4. The van der Waals surface area contributed by atoms with Crippen LogP contribution < -0.4 is 10.2 Å². The lowest BCUT2D eigenvalue weighted by molar-refractivity contribution is -0.121. The Bertz CT molecular complexity index is 856. The largest absolute Gasteiger partial charge is 0.375 e. The molecule has 1 amide bonds. The van der Waals surface area contributed by atoms with Crippen molar-refractivity contribution in [2.45, 2.75) is 16.2 Å². The number of hydrogen-bond donors (Lipinski definition) is 1. The number of para-hydroxylation sites is 1. The number of anilines is 1. The van der Waals surface area contributed by atoms with Crippen molar-refractivity contribution in [2.24, 2.45) is 0 Å². The molecule has 0 atom stereocenters. The van der Waals surface area contributed by atoms with Crippen molar-refractivity contribution in [2.75, 3.05) is 44.9 Å². The molecule has 2 rings (SSSR count). The number of sulfonamides is 1. The van der Waals surface area contributed by atoms with Gasteiger partial charge in [0.05, 0.1) is 11.4 Å². The molecule has 0 aliphatic heterocycles. The van der Waals surface area contributed by atoms with Gasteiger partial charge in [0.15, 0.2) is 0 Å². The Morgan fingerprint density at radius 3 is 2.29 bits per heavy atom. The minimum absolute atomic E-state index is 0.185. The number of likely N-dealkylation sites (N-methyl/N-ethyl adjacent to an activating group) is 1. The Kier molecular flexibility index (Phi) is 8.35. The van der Waals surface area contributed by atoms with Gasteiger partial charge in [0.1, 0.15) is 0 Å². The lowest BCUT2D eigenvalue weighted by Gasteiger charge is -2.20. The third-order valence-corrected chi connectivity index (χ3v) is 6.88. The summed E-state index contributed by atoms with van der Waals surface area (Å²) in [4.78, 5) is 15.4. The summed E-state index contributed by atoms with van der Waals surface area (Å²) in [7, 11) is -0.267. The Morgan fingerprint density at radius 1 is 1.04 bits per heavy atom. The molecule has 0 aliphatic carbocycles. The highest BCUT2D eigenvalue weighted by molar-refractivity contribution is 7.98. The zero-order valence-corrected chi connectivity index (χ0v) is 18.1. The number of thioether (sulfide) groups is 1. The average molecular weight is 422 g/mol. The van der Waals surface area contributed by atoms with E-state index in [4.69, 9.17) is 0 Å². The fourth-order valence-corrected chi connectivity index (χ4v) is 4.16.